The topological polar surface area (TPSA) is 336 Å². The highest BCUT2D eigenvalue weighted by atomic mass is 16.3. The summed E-state index contributed by atoms with van der Waals surface area (Å²) in [6.07, 6.45) is -1.78. The Morgan fingerprint density at radius 3 is 1.54 bits per heavy atom. The van der Waals surface area contributed by atoms with Crippen LogP contribution in [0.15, 0.2) is 23.2 Å². The maximum atomic E-state index is 15.5. The number of nitrogens with one attached hydrogen (secondary N) is 2. The summed E-state index contributed by atoms with van der Waals surface area (Å²) in [6, 6.07) is -3.37. The summed E-state index contributed by atoms with van der Waals surface area (Å²) in [4.78, 5) is 184. The monoisotopic (exact) mass is 1330 g/mol. The second-order valence-electron chi connectivity index (χ2n) is 29.4. The Kier molecular flexibility index (Phi) is 31.2. The number of fused-ring (bicyclic) bond motifs is 1. The van der Waals surface area contributed by atoms with Crippen molar-refractivity contribution < 1.29 is 57.8 Å². The number of aromatic nitrogens is 2. The molecule has 12 atom stereocenters. The van der Waals surface area contributed by atoms with Crippen LogP contribution in [0.2, 0.25) is 0 Å². The molecule has 25 nitrogen and oxygen atoms in total. The Morgan fingerprint density at radius 2 is 1.04 bits per heavy atom. The zero-order valence-electron chi connectivity index (χ0n) is 61.3. The smallest absolute Gasteiger partial charge is 0.246 e. The first-order chi connectivity index (χ1) is 44.0. The number of benzene rings is 1. The predicted octanol–water partition coefficient (Wildman–Crippen LogP) is 5.60. The van der Waals surface area contributed by atoms with Crippen molar-refractivity contribution in [1.82, 2.24) is 49.6 Å². The fraction of sp³-hybridized carbons (Fsp3) is 0.729. The maximum absolute atomic E-state index is 15.5. The Hall–Kier alpha value is -7.31. The van der Waals surface area contributed by atoms with Gasteiger partial charge in [-0.05, 0) is 98.7 Å². The fourth-order valence-corrected chi connectivity index (χ4v) is 12.8. The zero-order valence-corrected chi connectivity index (χ0v) is 61.3. The van der Waals surface area contributed by atoms with Crippen molar-refractivity contribution in [2.24, 2.45) is 75.6 Å². The third-order valence-electron chi connectivity index (χ3n) is 18.6. The number of guanidine groups is 1. The quantitative estimate of drug-likeness (QED) is 0.101. The van der Waals surface area contributed by atoms with Gasteiger partial charge in [0.2, 0.25) is 47.3 Å². The van der Waals surface area contributed by atoms with Crippen molar-refractivity contribution in [2.45, 2.75) is 217 Å². The third kappa shape index (κ3) is 22.1. The maximum Gasteiger partial charge on any atom is 0.246 e. The molecular formula is C70H117N13O12. The normalized spacial score (nSPS) is 25.5. The molecule has 0 saturated carbocycles. The lowest BCUT2D eigenvalue weighted by Gasteiger charge is -2.41. The number of hydrogen-bond donors (Lipinski definition) is 5. The van der Waals surface area contributed by atoms with E-state index in [1.165, 1.54) is 85.7 Å². The van der Waals surface area contributed by atoms with Crippen LogP contribution in [0.3, 0.4) is 0 Å². The zero-order chi connectivity index (χ0) is 72.7. The van der Waals surface area contributed by atoms with Gasteiger partial charge in [-0.15, -0.1) is 0 Å². The SMILES string of the molecule is CC[C@@H]1CC(=O)[C@H]([C@H](O)[C@H](C)Cc2nc3ccc(N=C(N)N)cc3[nH]2)N(C)C(=O)[C@H](C(C)C)N(C)C(=O)[C@H](CC(C)C)N(C)C(=O)[C@H](CC(C)C)N(C)C(=O)[C@@H](C)NC(=O)[C@H](C)CC(=O)[C@H](CC(C)C)N(C)C(=O)[C@H](C(C)C)CC(=O)[C@H](CC(C)C)N(C)C(=O)CN(C)C1=O. The number of nitrogens with zero attached hydrogens (tertiary/aromatic N) is 9. The molecule has 8 amide bonds. The number of ketones is 3. The summed E-state index contributed by atoms with van der Waals surface area (Å²) in [7, 11) is 10.1. The molecular weight excluding hydrogens is 1210 g/mol. The van der Waals surface area contributed by atoms with Crippen LogP contribution in [0.4, 0.5) is 5.69 Å². The van der Waals surface area contributed by atoms with E-state index in [0.717, 1.165) is 4.90 Å². The molecule has 1 aromatic carbocycles. The number of H-pyrrole nitrogens is 1. The molecule has 1 saturated heterocycles. The number of imidazole rings is 1. The van der Waals surface area contributed by atoms with E-state index in [-0.39, 0.29) is 81.0 Å². The molecule has 534 valence electrons. The Morgan fingerprint density at radius 1 is 0.568 bits per heavy atom. The van der Waals surface area contributed by atoms with E-state index in [4.69, 9.17) is 16.5 Å². The highest BCUT2D eigenvalue weighted by molar-refractivity contribution is 6.00. The minimum atomic E-state index is -1.62. The lowest BCUT2D eigenvalue weighted by Crippen LogP contribution is -2.62. The van der Waals surface area contributed by atoms with Crippen LogP contribution < -0.4 is 16.8 Å². The van der Waals surface area contributed by atoms with Gasteiger partial charge in [0.25, 0.3) is 0 Å². The first-order valence-corrected chi connectivity index (χ1v) is 34.0. The number of aliphatic imine (C=N–C) groups is 1. The number of aliphatic hydroxyl groups is 1. The second-order valence-corrected chi connectivity index (χ2v) is 29.4. The molecule has 2 aromatic rings. The molecule has 3 rings (SSSR count). The number of carbonyl (C=O) groups is 11. The van der Waals surface area contributed by atoms with Gasteiger partial charge in [0, 0.05) is 92.8 Å². The summed E-state index contributed by atoms with van der Waals surface area (Å²) in [5, 5.41) is 15.4. The Labute approximate surface area is 565 Å². The summed E-state index contributed by atoms with van der Waals surface area (Å²) in [5.74, 6) is -11.4. The van der Waals surface area contributed by atoms with Crippen LogP contribution in [0.5, 0.6) is 0 Å². The van der Waals surface area contributed by atoms with Gasteiger partial charge in [-0.25, -0.2) is 9.98 Å². The van der Waals surface area contributed by atoms with E-state index in [1.54, 1.807) is 66.7 Å². The standard InChI is InChI=1S/C70H117N13O12/c1-24-46-33-57(86)61(62(88)43(14)32-58-75-49-26-25-47(74-70(71)72)34-50(49)76-58)83(23)69(95)60(42(12)13)82(22)68(94)54(30-40(8)9)81(21)67(93)53(29-39(6)7)80(20)64(90)45(16)73-63(89)44(15)31-55(84)52(28-38(4)5)79(19)66(92)48(41(10)11)35-56(85)51(27-37(2)3)78(18)59(87)36-77(17)65(46)91/h25-26,34,37-46,48,51-54,60-62,88H,24,27-33,35-36H2,1-23H3,(H,73,89)(H,75,76)(H4,71,72,74)/t43-,44-,45-,46-,48+,51+,52+,53+,54+,60+,61-,62-/m1/s1. The van der Waals surface area contributed by atoms with Crippen LogP contribution in [0, 0.1) is 59.2 Å². The van der Waals surface area contributed by atoms with E-state index in [1.807, 2.05) is 55.4 Å². The van der Waals surface area contributed by atoms with E-state index in [2.05, 4.69) is 15.3 Å². The van der Waals surface area contributed by atoms with Gasteiger partial charge in [-0.1, -0.05) is 104 Å². The van der Waals surface area contributed by atoms with E-state index >= 15 is 19.2 Å². The van der Waals surface area contributed by atoms with Crippen molar-refractivity contribution in [3.05, 3.63) is 24.0 Å². The number of nitrogens with two attached hydrogens (primary N) is 2. The third-order valence-corrected chi connectivity index (χ3v) is 18.6. The van der Waals surface area contributed by atoms with Crippen molar-refractivity contribution in [2.75, 3.05) is 55.9 Å². The van der Waals surface area contributed by atoms with Gasteiger partial charge in [-0.3, -0.25) is 52.7 Å². The molecule has 7 N–H and O–H groups in total. The molecule has 0 bridgehead atoms. The number of Topliss-reactive ketones (excluding diaryl/α,β-unsaturated/α-hetero) is 3. The minimum absolute atomic E-state index is 0.0634. The summed E-state index contributed by atoms with van der Waals surface area (Å²) in [5.41, 5.74) is 12.9. The number of hydrogen-bond acceptors (Lipinski definition) is 14. The van der Waals surface area contributed by atoms with Crippen molar-refractivity contribution in [1.29, 1.82) is 0 Å². The lowest BCUT2D eigenvalue weighted by molar-refractivity contribution is -0.157. The second kappa shape index (κ2) is 36.2. The lowest BCUT2D eigenvalue weighted by atomic mass is 9.84. The fourth-order valence-electron chi connectivity index (χ4n) is 12.8. The minimum Gasteiger partial charge on any atom is -0.390 e. The first kappa shape index (κ1) is 81.9. The molecule has 1 aliphatic heterocycles. The van der Waals surface area contributed by atoms with Crippen molar-refractivity contribution in [3.63, 3.8) is 0 Å². The molecule has 25 heteroatoms. The number of aromatic amines is 1. The molecule has 95 heavy (non-hydrogen) atoms. The van der Waals surface area contributed by atoms with Gasteiger partial charge in [-0.2, -0.15) is 0 Å². The Balaban J connectivity index is 2.33. The van der Waals surface area contributed by atoms with E-state index < -0.39 is 161 Å². The molecule has 1 aromatic heterocycles. The van der Waals surface area contributed by atoms with Crippen LogP contribution in [-0.2, 0) is 59.2 Å². The Bertz CT molecular complexity index is 3040. The van der Waals surface area contributed by atoms with E-state index in [9.17, 15) is 38.7 Å². The van der Waals surface area contributed by atoms with Crippen LogP contribution in [-0.4, -0.2) is 224 Å². The molecule has 0 unspecified atom stereocenters. The molecule has 0 radical (unpaired) electrons. The average Bonchev–Trinajstić information content (AvgIpc) is 1.57. The molecule has 0 spiro atoms. The molecule has 0 aliphatic carbocycles. The number of carbonyl (C=O) groups excluding carboxylic acids is 11. The molecule has 2 heterocycles. The van der Waals surface area contributed by atoms with Crippen LogP contribution >= 0.6 is 0 Å². The number of likely N-dealkylation sites (N-methyl/N-ethyl adjacent to an activating group) is 7. The number of rotatable bonds is 16. The van der Waals surface area contributed by atoms with Gasteiger partial charge >= 0.3 is 0 Å². The highest BCUT2D eigenvalue weighted by Crippen LogP contribution is 2.30. The number of amides is 8. The molecule has 1 aliphatic rings. The molecule has 1 fully saturated rings. The predicted molar refractivity (Wildman–Crippen MR) is 368 cm³/mol. The van der Waals surface area contributed by atoms with Gasteiger partial charge in [0.1, 0.15) is 36.0 Å². The summed E-state index contributed by atoms with van der Waals surface area (Å²) in [6.45, 7) is 28.1. The largest absolute Gasteiger partial charge is 0.390 e. The highest BCUT2D eigenvalue weighted by Gasteiger charge is 2.46. The van der Waals surface area contributed by atoms with Gasteiger partial charge in [0.05, 0.1) is 41.5 Å². The van der Waals surface area contributed by atoms with E-state index in [0.29, 0.717) is 22.5 Å². The van der Waals surface area contributed by atoms with Crippen LogP contribution in [0.1, 0.15) is 168 Å². The van der Waals surface area contributed by atoms with Crippen molar-refractivity contribution in [3.8, 4) is 0 Å². The van der Waals surface area contributed by atoms with Crippen molar-refractivity contribution >= 4 is 87.3 Å². The average molecular weight is 1330 g/mol. The number of aliphatic hydroxyl groups excluding tert-OH is 1. The van der Waals surface area contributed by atoms with Gasteiger partial charge in [0.15, 0.2) is 23.3 Å². The first-order valence-electron chi connectivity index (χ1n) is 34.0. The van der Waals surface area contributed by atoms with Gasteiger partial charge < -0.3 is 61.2 Å². The summed E-state index contributed by atoms with van der Waals surface area (Å²) < 4.78 is 0. The van der Waals surface area contributed by atoms with Crippen LogP contribution in [0.25, 0.3) is 11.0 Å². The summed E-state index contributed by atoms with van der Waals surface area (Å²) >= 11 is 0.